The van der Waals surface area contributed by atoms with Crippen LogP contribution in [0.25, 0.3) is 6.08 Å². The summed E-state index contributed by atoms with van der Waals surface area (Å²) in [7, 11) is 1.49. The summed E-state index contributed by atoms with van der Waals surface area (Å²) < 4.78 is 44.8. The highest BCUT2D eigenvalue weighted by Crippen LogP contribution is 2.35. The lowest BCUT2D eigenvalue weighted by Crippen LogP contribution is -2.10. The predicted octanol–water partition coefficient (Wildman–Crippen LogP) is 6.54. The van der Waals surface area contributed by atoms with Crippen LogP contribution in [0.4, 0.5) is 13.2 Å². The maximum absolute atomic E-state index is 13.2. The molecule has 0 amide bonds. The summed E-state index contributed by atoms with van der Waals surface area (Å²) in [6, 6.07) is 11.6. The number of alkyl halides is 3. The largest absolute Gasteiger partial charge is 0.496 e. The van der Waals surface area contributed by atoms with E-state index in [4.69, 9.17) is 4.74 Å². The number of hydrogen-bond acceptors (Lipinski definition) is 6. The third-order valence-electron chi connectivity index (χ3n) is 4.45. The number of carbonyl (C=O) groups excluding carboxylic acids is 1. The maximum atomic E-state index is 13.2. The van der Waals surface area contributed by atoms with Gasteiger partial charge in [-0.3, -0.25) is 4.79 Å². The highest BCUT2D eigenvalue weighted by Gasteiger charge is 2.34. The van der Waals surface area contributed by atoms with Crippen LogP contribution in [0.1, 0.15) is 37.6 Å². The summed E-state index contributed by atoms with van der Waals surface area (Å²) >= 11 is 2.38. The molecule has 0 aliphatic carbocycles. The number of hydrogen-bond donors (Lipinski definition) is 0. The molecule has 0 bridgehead atoms. The fourth-order valence-corrected chi connectivity index (χ4v) is 4.54. The Kier molecular flexibility index (Phi) is 7.38. The Morgan fingerprint density at radius 1 is 1.31 bits per heavy atom. The Morgan fingerprint density at radius 3 is 2.72 bits per heavy atom. The number of pyridine rings is 1. The first-order chi connectivity index (χ1) is 15.2. The number of ether oxygens (including phenoxy) is 1. The van der Waals surface area contributed by atoms with Crippen molar-refractivity contribution in [2.24, 2.45) is 0 Å². The van der Waals surface area contributed by atoms with Crippen LogP contribution in [0.5, 0.6) is 5.75 Å². The van der Waals surface area contributed by atoms with Gasteiger partial charge in [-0.25, -0.2) is 4.98 Å². The summed E-state index contributed by atoms with van der Waals surface area (Å²) in [5.74, 6) is 0.655. The van der Waals surface area contributed by atoms with Crippen LogP contribution in [0, 0.1) is 18.3 Å². The molecule has 4 nitrogen and oxygen atoms in total. The van der Waals surface area contributed by atoms with Crippen LogP contribution in [0.3, 0.4) is 0 Å². The van der Waals surface area contributed by atoms with E-state index in [2.05, 4.69) is 4.98 Å². The Hall–Kier alpha value is -3.09. The number of aryl methyl sites for hydroxylation is 1. The van der Waals surface area contributed by atoms with E-state index in [0.717, 1.165) is 23.4 Å². The van der Waals surface area contributed by atoms with E-state index in [1.807, 2.05) is 11.4 Å². The predicted molar refractivity (Wildman–Crippen MR) is 119 cm³/mol. The van der Waals surface area contributed by atoms with Crippen molar-refractivity contribution in [1.29, 1.82) is 5.26 Å². The molecule has 0 radical (unpaired) electrons. The zero-order chi connectivity index (χ0) is 23.3. The molecule has 3 aromatic rings. The van der Waals surface area contributed by atoms with Crippen molar-refractivity contribution < 1.29 is 22.7 Å². The summed E-state index contributed by atoms with van der Waals surface area (Å²) in [4.78, 5) is 16.5. The van der Waals surface area contributed by atoms with E-state index in [-0.39, 0.29) is 27.7 Å². The van der Waals surface area contributed by atoms with Gasteiger partial charge < -0.3 is 4.74 Å². The molecule has 2 heterocycles. The molecule has 164 valence electrons. The topological polar surface area (TPSA) is 63.0 Å². The molecule has 0 atom stereocenters. The molecule has 0 spiro atoms. The summed E-state index contributed by atoms with van der Waals surface area (Å²) in [6.45, 7) is 1.45. The molecule has 0 N–H and O–H groups in total. The number of halogens is 3. The second kappa shape index (κ2) is 10.0. The minimum absolute atomic E-state index is 0.00990. The van der Waals surface area contributed by atoms with Crippen molar-refractivity contribution in [1.82, 2.24) is 4.98 Å². The Labute approximate surface area is 191 Å². The van der Waals surface area contributed by atoms with Gasteiger partial charge in [-0.1, -0.05) is 18.2 Å². The van der Waals surface area contributed by atoms with Crippen LogP contribution in [0.2, 0.25) is 0 Å². The summed E-state index contributed by atoms with van der Waals surface area (Å²) in [5, 5.41) is 11.2. The molecule has 3 rings (SSSR count). The van der Waals surface area contributed by atoms with Gasteiger partial charge in [0.15, 0.2) is 5.78 Å². The lowest BCUT2D eigenvalue weighted by Gasteiger charge is -2.13. The second-order valence-corrected chi connectivity index (χ2v) is 8.56. The molecule has 0 aliphatic heterocycles. The van der Waals surface area contributed by atoms with Gasteiger partial charge in [0.1, 0.15) is 22.5 Å². The molecule has 9 heteroatoms. The molecular weight excluding hydrogens is 457 g/mol. The average Bonchev–Trinajstić information content (AvgIpc) is 3.30. The van der Waals surface area contributed by atoms with Gasteiger partial charge in [0, 0.05) is 11.3 Å². The van der Waals surface area contributed by atoms with Gasteiger partial charge in [-0.15, -0.1) is 23.1 Å². The first kappa shape index (κ1) is 23.6. The summed E-state index contributed by atoms with van der Waals surface area (Å²) in [6.07, 6.45) is -1.47. The first-order valence-corrected chi connectivity index (χ1v) is 11.1. The fourth-order valence-electron chi connectivity index (χ4n) is 2.86. The molecule has 0 unspecified atom stereocenters. The number of aromatic nitrogens is 1. The van der Waals surface area contributed by atoms with Crippen LogP contribution in [-0.4, -0.2) is 17.9 Å². The molecule has 0 saturated carbocycles. The van der Waals surface area contributed by atoms with Gasteiger partial charge in [-0.2, -0.15) is 18.4 Å². The normalized spacial score (nSPS) is 11.5. The fraction of sp³-hybridized carbons (Fsp3) is 0.174. The van der Waals surface area contributed by atoms with Crippen LogP contribution < -0.4 is 4.74 Å². The Bertz CT molecular complexity index is 1200. The van der Waals surface area contributed by atoms with Gasteiger partial charge in [0.25, 0.3) is 0 Å². The quantitative estimate of drug-likeness (QED) is 0.221. The Morgan fingerprint density at radius 2 is 2.09 bits per heavy atom. The zero-order valence-corrected chi connectivity index (χ0v) is 18.7. The number of benzene rings is 1. The SMILES string of the molecule is COc1ccc(/C=C/C(=O)c2cccs2)cc1CSc1nc(C(F)(F)F)cc(C)c1C#N. The third-order valence-corrected chi connectivity index (χ3v) is 6.35. The highest BCUT2D eigenvalue weighted by molar-refractivity contribution is 7.98. The van der Waals surface area contributed by atoms with Crippen molar-refractivity contribution in [3.63, 3.8) is 0 Å². The molecular formula is C23H17F3N2O2S2. The molecule has 32 heavy (non-hydrogen) atoms. The minimum Gasteiger partial charge on any atom is -0.496 e. The van der Waals surface area contributed by atoms with Crippen molar-refractivity contribution in [3.05, 3.63) is 80.7 Å². The minimum atomic E-state index is -4.61. The number of ketones is 1. The van der Waals surface area contributed by atoms with E-state index in [9.17, 15) is 23.2 Å². The number of thioether (sulfide) groups is 1. The number of allylic oxidation sites excluding steroid dienone is 1. The maximum Gasteiger partial charge on any atom is 0.433 e. The molecule has 1 aromatic carbocycles. The zero-order valence-electron chi connectivity index (χ0n) is 17.1. The Balaban J connectivity index is 1.86. The van der Waals surface area contributed by atoms with E-state index in [1.165, 1.54) is 31.4 Å². The van der Waals surface area contributed by atoms with Gasteiger partial charge in [0.05, 0.1) is 17.6 Å². The van der Waals surface area contributed by atoms with E-state index < -0.39 is 11.9 Å². The smallest absolute Gasteiger partial charge is 0.433 e. The highest BCUT2D eigenvalue weighted by atomic mass is 32.2. The second-order valence-electron chi connectivity index (χ2n) is 6.65. The first-order valence-electron chi connectivity index (χ1n) is 9.27. The third kappa shape index (κ3) is 5.58. The van der Waals surface area contributed by atoms with Gasteiger partial charge >= 0.3 is 6.18 Å². The number of nitrogens with zero attached hydrogens (tertiary/aromatic N) is 2. The average molecular weight is 475 g/mol. The van der Waals surface area contributed by atoms with E-state index in [0.29, 0.717) is 16.2 Å². The van der Waals surface area contributed by atoms with Gasteiger partial charge in [0.2, 0.25) is 0 Å². The van der Waals surface area contributed by atoms with Crippen molar-refractivity contribution in [2.75, 3.05) is 7.11 Å². The molecule has 0 saturated heterocycles. The lowest BCUT2D eigenvalue weighted by molar-refractivity contribution is -0.141. The number of rotatable bonds is 7. The lowest BCUT2D eigenvalue weighted by atomic mass is 10.1. The van der Waals surface area contributed by atoms with Crippen molar-refractivity contribution in [2.45, 2.75) is 23.9 Å². The van der Waals surface area contributed by atoms with E-state index >= 15 is 0 Å². The summed E-state index contributed by atoms with van der Waals surface area (Å²) in [5.41, 5.74) is 0.726. The molecule has 0 fully saturated rings. The van der Waals surface area contributed by atoms with Crippen LogP contribution in [-0.2, 0) is 11.9 Å². The number of carbonyl (C=O) groups is 1. The van der Waals surface area contributed by atoms with Crippen molar-refractivity contribution >= 4 is 35.0 Å². The number of thiophene rings is 1. The number of nitriles is 1. The van der Waals surface area contributed by atoms with Crippen LogP contribution in [0.15, 0.2) is 52.9 Å². The molecule has 2 aromatic heterocycles. The van der Waals surface area contributed by atoms with Crippen molar-refractivity contribution in [3.8, 4) is 11.8 Å². The standard InChI is InChI=1S/C23H17F3N2O2S2/c1-14-10-21(23(24,25)26)28-22(17(14)12-27)32-13-16-11-15(6-8-19(16)30-2)5-7-18(29)20-4-3-9-31-20/h3-11H,13H2,1-2H3/b7-5+. The number of methoxy groups -OCH3 is 1. The van der Waals surface area contributed by atoms with Crippen LogP contribution >= 0.6 is 23.1 Å². The monoisotopic (exact) mass is 474 g/mol. The van der Waals surface area contributed by atoms with E-state index in [1.54, 1.807) is 36.4 Å². The molecule has 0 aliphatic rings. The van der Waals surface area contributed by atoms with Gasteiger partial charge in [-0.05, 0) is 53.8 Å².